The van der Waals surface area contributed by atoms with Gasteiger partial charge >= 0.3 is 22.4 Å². The number of carboxylic acid groups (broad SMARTS) is 5. The van der Waals surface area contributed by atoms with E-state index in [2.05, 4.69) is 0 Å². The Bertz CT molecular complexity index is 407. The van der Waals surface area contributed by atoms with E-state index in [9.17, 15) is 49.5 Å². The van der Waals surface area contributed by atoms with Crippen LogP contribution in [-0.4, -0.2) is 29.8 Å². The smallest absolute Gasteiger partial charge is 0.550 e. The van der Waals surface area contributed by atoms with Gasteiger partial charge in [0.1, 0.15) is 0 Å². The summed E-state index contributed by atoms with van der Waals surface area (Å²) in [7, 11) is 0. The summed E-state index contributed by atoms with van der Waals surface area (Å²) < 4.78 is 0. The predicted molar refractivity (Wildman–Crippen MR) is 123 cm³/mol. The summed E-state index contributed by atoms with van der Waals surface area (Å²) >= 11 is 0. The number of carboxylic acids is 5. The molecule has 0 spiro atoms. The van der Waals surface area contributed by atoms with E-state index in [4.69, 9.17) is 0 Å². The van der Waals surface area contributed by atoms with Gasteiger partial charge in [-0.25, -0.2) is 0 Å². The maximum Gasteiger partial charge on any atom is 5.00 e. The Labute approximate surface area is 232 Å². The Kier molecular flexibility index (Phi) is 56.7. The van der Waals surface area contributed by atoms with Crippen molar-refractivity contribution in [2.45, 2.75) is 131 Å². The molecule has 0 aliphatic carbocycles. The minimum Gasteiger partial charge on any atom is -0.550 e. The van der Waals surface area contributed by atoms with Gasteiger partial charge in [-0.15, -0.1) is 0 Å². The molecule has 10 nitrogen and oxygen atoms in total. The van der Waals surface area contributed by atoms with Crippen LogP contribution in [0.25, 0.3) is 0 Å². The molecule has 0 aliphatic rings. The van der Waals surface area contributed by atoms with E-state index in [0.29, 0.717) is 0 Å². The average molecular weight is 599 g/mol. The normalized spacial score (nSPS) is 8.47. The van der Waals surface area contributed by atoms with Gasteiger partial charge in [-0.05, 0) is 64.2 Å². The van der Waals surface area contributed by atoms with Gasteiger partial charge in [-0.1, -0.05) is 66.7 Å². The second-order valence-electron chi connectivity index (χ2n) is 7.38. The molecule has 0 aliphatic heterocycles. The minimum absolute atomic E-state index is 0. The Morgan fingerprint density at radius 2 is 0.472 bits per heavy atom. The van der Waals surface area contributed by atoms with E-state index < -0.39 is 29.8 Å². The summed E-state index contributed by atoms with van der Waals surface area (Å²) in [6, 6.07) is 0. The molecule has 11 heteroatoms. The van der Waals surface area contributed by atoms with Crippen LogP contribution in [0.15, 0.2) is 0 Å². The van der Waals surface area contributed by atoms with Crippen LogP contribution >= 0.6 is 0 Å². The third-order valence-corrected chi connectivity index (χ3v) is 3.67. The van der Waals surface area contributed by atoms with Crippen LogP contribution in [0.5, 0.6) is 0 Å². The standard InChI is InChI=1S/5C5H10O2.Nb/c5*1-2-3-4-5(6)7;/h5*2-4H2,1H3,(H,6,7);/q;;;;;+5/p-5. The summed E-state index contributed by atoms with van der Waals surface area (Å²) in [5, 5.41) is 48.2. The number of carbonyl (C=O) groups excluding carboxylic acids is 5. The van der Waals surface area contributed by atoms with E-state index in [1.807, 2.05) is 34.6 Å². The molecule has 0 aromatic rings. The molecular formula is C25H45NbO10. The van der Waals surface area contributed by atoms with Gasteiger partial charge < -0.3 is 49.5 Å². The van der Waals surface area contributed by atoms with Crippen molar-refractivity contribution in [2.75, 3.05) is 0 Å². The molecule has 0 amide bonds. The van der Waals surface area contributed by atoms with Crippen molar-refractivity contribution in [1.29, 1.82) is 0 Å². The van der Waals surface area contributed by atoms with Gasteiger partial charge in [0, 0.05) is 29.8 Å². The fourth-order valence-electron chi connectivity index (χ4n) is 1.61. The molecule has 0 N–H and O–H groups in total. The third-order valence-electron chi connectivity index (χ3n) is 3.67. The van der Waals surface area contributed by atoms with Crippen LogP contribution < -0.4 is 25.5 Å². The zero-order chi connectivity index (χ0) is 28.5. The van der Waals surface area contributed by atoms with Crippen LogP contribution in [0, 0.1) is 0 Å². The molecule has 0 fully saturated rings. The maximum atomic E-state index is 9.65. The van der Waals surface area contributed by atoms with Gasteiger partial charge in [0.25, 0.3) is 0 Å². The number of hydrogen-bond acceptors (Lipinski definition) is 10. The largest absolute Gasteiger partial charge is 5.00 e. The zero-order valence-corrected chi connectivity index (χ0v) is 24.8. The topological polar surface area (TPSA) is 201 Å². The Hall–Kier alpha value is -1.91. The van der Waals surface area contributed by atoms with Crippen LogP contribution in [0.3, 0.4) is 0 Å². The number of rotatable bonds is 15. The number of hydrogen-bond donors (Lipinski definition) is 0. The first-order chi connectivity index (χ1) is 16.4. The Balaban J connectivity index is -0.0000000776. The van der Waals surface area contributed by atoms with Crippen molar-refractivity contribution in [3.8, 4) is 0 Å². The van der Waals surface area contributed by atoms with Crippen LogP contribution in [-0.2, 0) is 46.4 Å². The van der Waals surface area contributed by atoms with Crippen LogP contribution in [0.1, 0.15) is 131 Å². The monoisotopic (exact) mass is 598 g/mol. The van der Waals surface area contributed by atoms with Crippen LogP contribution in [0.2, 0.25) is 0 Å². The molecular weight excluding hydrogens is 553 g/mol. The molecule has 0 atom stereocenters. The first-order valence-electron chi connectivity index (χ1n) is 12.3. The molecule has 0 radical (unpaired) electrons. The number of aliphatic carboxylic acids is 5. The molecule has 0 aromatic heterocycles. The summed E-state index contributed by atoms with van der Waals surface area (Å²) in [5.74, 6) is -4.71. The van der Waals surface area contributed by atoms with E-state index in [0.717, 1.165) is 64.2 Å². The van der Waals surface area contributed by atoms with Crippen molar-refractivity contribution in [2.24, 2.45) is 0 Å². The Morgan fingerprint density at radius 1 is 0.361 bits per heavy atom. The van der Waals surface area contributed by atoms with Gasteiger partial charge in [-0.2, -0.15) is 0 Å². The molecule has 0 heterocycles. The van der Waals surface area contributed by atoms with Gasteiger partial charge in [0.05, 0.1) is 0 Å². The van der Waals surface area contributed by atoms with Crippen molar-refractivity contribution in [3.05, 3.63) is 0 Å². The minimum atomic E-state index is -0.943. The van der Waals surface area contributed by atoms with Crippen molar-refractivity contribution in [3.63, 3.8) is 0 Å². The molecule has 0 aromatic carbocycles. The first kappa shape index (κ1) is 47.3. The molecule has 0 bridgehead atoms. The average Bonchev–Trinajstić information content (AvgIpc) is 2.78. The van der Waals surface area contributed by atoms with Crippen molar-refractivity contribution >= 4 is 29.8 Å². The molecule has 0 saturated carbocycles. The second kappa shape index (κ2) is 43.2. The summed E-state index contributed by atoms with van der Waals surface area (Å²) in [6.07, 6.45) is 9.34. The maximum absolute atomic E-state index is 9.65. The van der Waals surface area contributed by atoms with E-state index in [1.54, 1.807) is 0 Å². The first-order valence-corrected chi connectivity index (χ1v) is 12.3. The summed E-state index contributed by atoms with van der Waals surface area (Å²) in [6.45, 7) is 9.74. The SMILES string of the molecule is CCCCC(=O)[O-].CCCCC(=O)[O-].CCCCC(=O)[O-].CCCCC(=O)[O-].CCCCC(=O)[O-].[Nb+5]. The van der Waals surface area contributed by atoms with E-state index >= 15 is 0 Å². The summed E-state index contributed by atoms with van der Waals surface area (Å²) in [5.41, 5.74) is 0. The van der Waals surface area contributed by atoms with Crippen LogP contribution in [0.4, 0.5) is 0 Å². The molecule has 36 heavy (non-hydrogen) atoms. The molecule has 0 rings (SSSR count). The number of unbranched alkanes of at least 4 members (excludes halogenated alkanes) is 5. The van der Waals surface area contributed by atoms with Gasteiger partial charge in [0.15, 0.2) is 0 Å². The molecule has 210 valence electrons. The second-order valence-corrected chi connectivity index (χ2v) is 7.38. The third kappa shape index (κ3) is 94.8. The van der Waals surface area contributed by atoms with E-state index in [1.165, 1.54) is 0 Å². The van der Waals surface area contributed by atoms with Gasteiger partial charge in [0.2, 0.25) is 0 Å². The number of carbonyl (C=O) groups is 5. The summed E-state index contributed by atoms with van der Waals surface area (Å²) in [4.78, 5) is 48.2. The predicted octanol–water partition coefficient (Wildman–Crippen LogP) is -0.370. The van der Waals surface area contributed by atoms with Gasteiger partial charge in [-0.3, -0.25) is 0 Å². The zero-order valence-electron chi connectivity index (χ0n) is 22.6. The molecule has 0 unspecified atom stereocenters. The Morgan fingerprint density at radius 3 is 0.500 bits per heavy atom. The fraction of sp³-hybridized carbons (Fsp3) is 0.800. The molecule has 0 saturated heterocycles. The van der Waals surface area contributed by atoms with Crippen molar-refractivity contribution in [1.82, 2.24) is 0 Å². The van der Waals surface area contributed by atoms with E-state index in [-0.39, 0.29) is 54.5 Å². The van der Waals surface area contributed by atoms with Crippen molar-refractivity contribution < 1.29 is 71.9 Å². The quantitative estimate of drug-likeness (QED) is 0.224. The fourth-order valence-corrected chi connectivity index (χ4v) is 1.61.